The van der Waals surface area contributed by atoms with Crippen LogP contribution in [0.2, 0.25) is 0 Å². The lowest BCUT2D eigenvalue weighted by Gasteiger charge is -2.17. The van der Waals surface area contributed by atoms with Gasteiger partial charge < -0.3 is 23.7 Å². The van der Waals surface area contributed by atoms with Crippen molar-refractivity contribution in [2.75, 3.05) is 27.9 Å². The van der Waals surface area contributed by atoms with E-state index in [-0.39, 0.29) is 6.10 Å². The molecule has 0 aliphatic rings. The minimum absolute atomic E-state index is 0.317. The standard InChI is InChI=1S/C23H28O6/c1-6-18-13-20(26-4)14-21(27-5)22(18)23(24)29-16(2)11-12-28-15-17-7-9-19(25-3)10-8-17/h6-10,13-14,16H,1,11-12,15H2,2-5H3/t16-/m0/s1. The summed E-state index contributed by atoms with van der Waals surface area (Å²) < 4.78 is 27.0. The molecule has 29 heavy (non-hydrogen) atoms. The lowest BCUT2D eigenvalue weighted by atomic mass is 10.1. The predicted octanol–water partition coefficient (Wildman–Crippen LogP) is 4.51. The molecule has 2 rings (SSSR count). The number of carbonyl (C=O) groups excluding carboxylic acids is 1. The molecule has 0 fully saturated rings. The van der Waals surface area contributed by atoms with E-state index in [4.69, 9.17) is 23.7 Å². The van der Waals surface area contributed by atoms with Gasteiger partial charge in [0.05, 0.1) is 34.5 Å². The van der Waals surface area contributed by atoms with Crippen LogP contribution >= 0.6 is 0 Å². The molecule has 0 unspecified atom stereocenters. The van der Waals surface area contributed by atoms with Crippen LogP contribution in [-0.2, 0) is 16.1 Å². The van der Waals surface area contributed by atoms with Crippen molar-refractivity contribution < 1.29 is 28.5 Å². The van der Waals surface area contributed by atoms with E-state index in [1.54, 1.807) is 32.4 Å². The molecule has 6 nitrogen and oxygen atoms in total. The zero-order chi connectivity index (χ0) is 21.2. The SMILES string of the molecule is C=Cc1cc(OC)cc(OC)c1C(=O)O[C@@H](C)CCOCc1ccc(OC)cc1. The van der Waals surface area contributed by atoms with Gasteiger partial charge in [-0.15, -0.1) is 0 Å². The molecule has 2 aromatic carbocycles. The minimum Gasteiger partial charge on any atom is -0.497 e. The predicted molar refractivity (Wildman–Crippen MR) is 112 cm³/mol. The number of carbonyl (C=O) groups is 1. The maximum atomic E-state index is 12.7. The Morgan fingerprint density at radius 2 is 1.72 bits per heavy atom. The molecule has 0 aliphatic heterocycles. The molecular formula is C23H28O6. The van der Waals surface area contributed by atoms with Crippen LogP contribution in [0.15, 0.2) is 43.0 Å². The van der Waals surface area contributed by atoms with E-state index >= 15 is 0 Å². The maximum absolute atomic E-state index is 12.7. The molecule has 6 heteroatoms. The summed E-state index contributed by atoms with van der Waals surface area (Å²) in [5.74, 6) is 1.30. The Morgan fingerprint density at radius 3 is 2.31 bits per heavy atom. The zero-order valence-electron chi connectivity index (χ0n) is 17.4. The fourth-order valence-electron chi connectivity index (χ4n) is 2.73. The number of rotatable bonds is 11. The molecule has 0 radical (unpaired) electrons. The number of methoxy groups -OCH3 is 3. The van der Waals surface area contributed by atoms with Gasteiger partial charge in [0.2, 0.25) is 0 Å². The average Bonchev–Trinajstić information content (AvgIpc) is 2.75. The molecule has 156 valence electrons. The fourth-order valence-corrected chi connectivity index (χ4v) is 2.73. The van der Waals surface area contributed by atoms with Crippen molar-refractivity contribution >= 4 is 12.0 Å². The Hall–Kier alpha value is -2.99. The zero-order valence-corrected chi connectivity index (χ0v) is 17.4. The Kier molecular flexibility index (Phi) is 8.55. The highest BCUT2D eigenvalue weighted by Gasteiger charge is 2.21. The Bertz CT molecular complexity index is 813. The monoisotopic (exact) mass is 400 g/mol. The highest BCUT2D eigenvalue weighted by molar-refractivity contribution is 5.97. The van der Waals surface area contributed by atoms with Crippen molar-refractivity contribution in [3.05, 3.63) is 59.7 Å². The quantitative estimate of drug-likeness (QED) is 0.409. The van der Waals surface area contributed by atoms with Crippen molar-refractivity contribution in [1.82, 2.24) is 0 Å². The average molecular weight is 400 g/mol. The lowest BCUT2D eigenvalue weighted by Crippen LogP contribution is -2.18. The van der Waals surface area contributed by atoms with Gasteiger partial charge >= 0.3 is 5.97 Å². The van der Waals surface area contributed by atoms with E-state index in [2.05, 4.69) is 6.58 Å². The molecule has 0 heterocycles. The van der Waals surface area contributed by atoms with Crippen LogP contribution in [0.5, 0.6) is 17.2 Å². The van der Waals surface area contributed by atoms with Crippen molar-refractivity contribution in [1.29, 1.82) is 0 Å². The third-order valence-electron chi connectivity index (χ3n) is 4.39. The van der Waals surface area contributed by atoms with Crippen LogP contribution in [0, 0.1) is 0 Å². The smallest absolute Gasteiger partial charge is 0.342 e. The van der Waals surface area contributed by atoms with E-state index in [1.165, 1.54) is 7.11 Å². The van der Waals surface area contributed by atoms with Crippen LogP contribution in [0.1, 0.15) is 34.8 Å². The van der Waals surface area contributed by atoms with Gasteiger partial charge in [-0.2, -0.15) is 0 Å². The summed E-state index contributed by atoms with van der Waals surface area (Å²) in [7, 11) is 4.68. The third-order valence-corrected chi connectivity index (χ3v) is 4.39. The summed E-state index contributed by atoms with van der Waals surface area (Å²) in [6, 6.07) is 11.1. The van der Waals surface area contributed by atoms with E-state index in [0.717, 1.165) is 11.3 Å². The first kappa shape index (κ1) is 22.3. The second kappa shape index (κ2) is 11.1. The van der Waals surface area contributed by atoms with Crippen molar-refractivity contribution in [3.63, 3.8) is 0 Å². The molecule has 0 bridgehead atoms. The Morgan fingerprint density at radius 1 is 1.03 bits per heavy atom. The first-order valence-corrected chi connectivity index (χ1v) is 9.32. The molecule has 0 aromatic heterocycles. The van der Waals surface area contributed by atoms with E-state index < -0.39 is 5.97 Å². The summed E-state index contributed by atoms with van der Waals surface area (Å²) in [6.45, 7) is 6.54. The number of hydrogen-bond acceptors (Lipinski definition) is 6. The van der Waals surface area contributed by atoms with Gasteiger partial charge in [-0.1, -0.05) is 24.8 Å². The molecule has 0 aliphatic carbocycles. The van der Waals surface area contributed by atoms with Gasteiger partial charge in [0, 0.05) is 12.5 Å². The number of ether oxygens (including phenoxy) is 5. The lowest BCUT2D eigenvalue weighted by molar-refractivity contribution is 0.0215. The van der Waals surface area contributed by atoms with Gasteiger partial charge in [0.1, 0.15) is 28.9 Å². The number of benzene rings is 2. The maximum Gasteiger partial charge on any atom is 0.342 e. The number of esters is 1. The Balaban J connectivity index is 1.89. The second-order valence-corrected chi connectivity index (χ2v) is 6.40. The summed E-state index contributed by atoms with van der Waals surface area (Å²) >= 11 is 0. The normalized spacial score (nSPS) is 11.4. The molecule has 0 saturated heterocycles. The fraction of sp³-hybridized carbons (Fsp3) is 0.348. The van der Waals surface area contributed by atoms with Gasteiger partial charge in [-0.05, 0) is 36.2 Å². The van der Waals surface area contributed by atoms with E-state index in [0.29, 0.717) is 42.3 Å². The van der Waals surface area contributed by atoms with Crippen molar-refractivity contribution in [3.8, 4) is 17.2 Å². The number of hydrogen-bond donors (Lipinski definition) is 0. The Labute approximate surface area is 172 Å². The van der Waals surface area contributed by atoms with Gasteiger partial charge in [-0.25, -0.2) is 4.79 Å². The molecule has 1 atom stereocenters. The largest absolute Gasteiger partial charge is 0.497 e. The summed E-state index contributed by atoms with van der Waals surface area (Å²) in [6.07, 6.45) is 1.83. The van der Waals surface area contributed by atoms with Crippen LogP contribution in [0.4, 0.5) is 0 Å². The first-order valence-electron chi connectivity index (χ1n) is 9.32. The summed E-state index contributed by atoms with van der Waals surface area (Å²) in [5.41, 5.74) is 1.97. The van der Waals surface area contributed by atoms with Gasteiger partial charge in [-0.3, -0.25) is 0 Å². The molecule has 0 spiro atoms. The molecule has 0 amide bonds. The first-order chi connectivity index (χ1) is 14.0. The highest BCUT2D eigenvalue weighted by atomic mass is 16.5. The minimum atomic E-state index is -0.470. The highest BCUT2D eigenvalue weighted by Crippen LogP contribution is 2.30. The van der Waals surface area contributed by atoms with E-state index in [9.17, 15) is 4.79 Å². The van der Waals surface area contributed by atoms with Gasteiger partial charge in [0.15, 0.2) is 0 Å². The van der Waals surface area contributed by atoms with E-state index in [1.807, 2.05) is 31.2 Å². The van der Waals surface area contributed by atoms with Crippen molar-refractivity contribution in [2.24, 2.45) is 0 Å². The van der Waals surface area contributed by atoms with Crippen LogP contribution < -0.4 is 14.2 Å². The third kappa shape index (κ3) is 6.26. The molecule has 0 saturated carbocycles. The topological polar surface area (TPSA) is 63.2 Å². The second-order valence-electron chi connectivity index (χ2n) is 6.40. The van der Waals surface area contributed by atoms with Crippen molar-refractivity contribution in [2.45, 2.75) is 26.1 Å². The molecule has 2 aromatic rings. The summed E-state index contributed by atoms with van der Waals surface area (Å²) in [4.78, 5) is 12.7. The summed E-state index contributed by atoms with van der Waals surface area (Å²) in [5, 5.41) is 0. The van der Waals surface area contributed by atoms with Crippen LogP contribution in [-0.4, -0.2) is 40.0 Å². The molecular weight excluding hydrogens is 372 g/mol. The van der Waals surface area contributed by atoms with Crippen LogP contribution in [0.25, 0.3) is 6.08 Å². The van der Waals surface area contributed by atoms with Crippen LogP contribution in [0.3, 0.4) is 0 Å². The van der Waals surface area contributed by atoms with Gasteiger partial charge in [0.25, 0.3) is 0 Å². The molecule has 0 N–H and O–H groups in total.